The number of methoxy groups -OCH3 is 1. The van der Waals surface area contributed by atoms with E-state index in [1.54, 1.807) is 19.1 Å². The average molecular weight is 478 g/mol. The summed E-state index contributed by atoms with van der Waals surface area (Å²) in [5.41, 5.74) is 1.98. The van der Waals surface area contributed by atoms with E-state index in [1.807, 2.05) is 25.2 Å². The van der Waals surface area contributed by atoms with Crippen molar-refractivity contribution in [1.82, 2.24) is 15.0 Å². The maximum atomic E-state index is 14.5. The molecular weight excluding hydrogens is 454 g/mol. The number of ether oxygens (including phenoxy) is 1. The molecule has 0 saturated heterocycles. The highest BCUT2D eigenvalue weighted by Crippen LogP contribution is 2.37. The minimum atomic E-state index is -0.760. The third kappa shape index (κ3) is 4.71. The quantitative estimate of drug-likeness (QED) is 0.325. The van der Waals surface area contributed by atoms with E-state index in [4.69, 9.17) is 4.74 Å². The van der Waals surface area contributed by atoms with Crippen molar-refractivity contribution in [3.8, 4) is 28.3 Å². The lowest BCUT2D eigenvalue weighted by Gasteiger charge is -2.13. The largest absolute Gasteiger partial charge is 0.496 e. The molecule has 0 bridgehead atoms. The summed E-state index contributed by atoms with van der Waals surface area (Å²) < 4.78 is 35.0. The Kier molecular flexibility index (Phi) is 6.79. The van der Waals surface area contributed by atoms with Gasteiger partial charge in [-0.2, -0.15) is 4.73 Å². The lowest BCUT2D eigenvalue weighted by molar-refractivity contribution is 0.0974. The molecule has 1 amide bonds. The molecule has 180 valence electrons. The van der Waals surface area contributed by atoms with Crippen molar-refractivity contribution in [3.05, 3.63) is 89.2 Å². The van der Waals surface area contributed by atoms with Crippen molar-refractivity contribution < 1.29 is 23.5 Å². The molecule has 0 radical (unpaired) electrons. The predicted molar refractivity (Wildman–Crippen MR) is 129 cm³/mol. The molecule has 9 heteroatoms. The van der Waals surface area contributed by atoms with Crippen LogP contribution in [0.3, 0.4) is 0 Å². The van der Waals surface area contributed by atoms with Crippen LogP contribution in [0.1, 0.15) is 21.7 Å². The van der Waals surface area contributed by atoms with E-state index < -0.39 is 17.5 Å². The fourth-order valence-corrected chi connectivity index (χ4v) is 3.92. The van der Waals surface area contributed by atoms with Gasteiger partial charge >= 0.3 is 0 Å². The van der Waals surface area contributed by atoms with Crippen molar-refractivity contribution in [2.24, 2.45) is 0 Å². The Labute approximate surface area is 201 Å². The molecule has 0 aliphatic heterocycles. The third-order valence-corrected chi connectivity index (χ3v) is 5.50. The number of nitrogens with zero attached hydrogens (tertiary/aromatic N) is 2. The van der Waals surface area contributed by atoms with E-state index in [-0.39, 0.29) is 34.1 Å². The monoisotopic (exact) mass is 478 g/mol. The van der Waals surface area contributed by atoms with E-state index in [9.17, 15) is 18.8 Å². The van der Waals surface area contributed by atoms with Crippen LogP contribution in [0, 0.1) is 18.6 Å². The Bertz CT molecular complexity index is 1380. The van der Waals surface area contributed by atoms with Crippen LogP contribution in [0.25, 0.3) is 22.5 Å². The Balaban J connectivity index is 1.72. The van der Waals surface area contributed by atoms with Crippen LogP contribution in [0.5, 0.6) is 5.75 Å². The molecule has 0 aliphatic rings. The zero-order valence-corrected chi connectivity index (χ0v) is 19.4. The first-order valence-corrected chi connectivity index (χ1v) is 10.8. The highest BCUT2D eigenvalue weighted by Gasteiger charge is 2.24. The minimum Gasteiger partial charge on any atom is -0.496 e. The molecule has 4 aromatic rings. The van der Waals surface area contributed by atoms with E-state index >= 15 is 0 Å². The highest BCUT2D eigenvalue weighted by atomic mass is 19.1. The zero-order valence-electron chi connectivity index (χ0n) is 19.4. The Morgan fingerprint density at radius 3 is 2.49 bits per heavy atom. The number of carbonyl (C=O) groups is 1. The van der Waals surface area contributed by atoms with Crippen LogP contribution in [0.4, 0.5) is 14.5 Å². The number of aryl methyl sites for hydroxylation is 1. The molecule has 3 aromatic carbocycles. The van der Waals surface area contributed by atoms with Crippen molar-refractivity contribution in [3.63, 3.8) is 0 Å². The Morgan fingerprint density at radius 2 is 1.80 bits per heavy atom. The maximum Gasteiger partial charge on any atom is 0.277 e. The topological polar surface area (TPSA) is 88.4 Å². The second-order valence-electron chi connectivity index (χ2n) is 7.88. The highest BCUT2D eigenvalue weighted by molar-refractivity contribution is 6.04. The van der Waals surface area contributed by atoms with Crippen LogP contribution in [0.15, 0.2) is 60.7 Å². The molecule has 0 aliphatic carbocycles. The number of hydrogen-bond donors (Lipinski definition) is 3. The third-order valence-electron chi connectivity index (χ3n) is 5.50. The van der Waals surface area contributed by atoms with E-state index in [2.05, 4.69) is 15.6 Å². The Hall–Kier alpha value is -4.24. The molecule has 0 saturated carbocycles. The second-order valence-corrected chi connectivity index (χ2v) is 7.88. The smallest absolute Gasteiger partial charge is 0.277 e. The van der Waals surface area contributed by atoms with E-state index in [0.29, 0.717) is 22.5 Å². The molecule has 7 nitrogen and oxygen atoms in total. The van der Waals surface area contributed by atoms with Crippen LogP contribution >= 0.6 is 0 Å². The van der Waals surface area contributed by atoms with Crippen molar-refractivity contribution >= 4 is 11.6 Å². The summed E-state index contributed by atoms with van der Waals surface area (Å²) in [5, 5.41) is 16.7. The van der Waals surface area contributed by atoms with Gasteiger partial charge in [0.1, 0.15) is 17.4 Å². The summed E-state index contributed by atoms with van der Waals surface area (Å²) in [5.74, 6) is -1.80. The van der Waals surface area contributed by atoms with Crippen LogP contribution in [-0.4, -0.2) is 35.0 Å². The first kappa shape index (κ1) is 23.9. The summed E-state index contributed by atoms with van der Waals surface area (Å²) in [6.07, 6.45) is 0. The number of nitrogens with one attached hydrogen (secondary N) is 2. The number of imidazole rings is 1. The lowest BCUT2D eigenvalue weighted by Crippen LogP contribution is -2.18. The van der Waals surface area contributed by atoms with Crippen molar-refractivity contribution in [2.75, 3.05) is 19.5 Å². The predicted octanol–water partition coefficient (Wildman–Crippen LogP) is 5.02. The molecule has 4 rings (SSSR count). The second kappa shape index (κ2) is 9.94. The lowest BCUT2D eigenvalue weighted by atomic mass is 10.0. The molecule has 1 heterocycles. The fourth-order valence-electron chi connectivity index (χ4n) is 3.92. The molecule has 1 aromatic heterocycles. The number of anilines is 1. The number of halogens is 2. The van der Waals surface area contributed by atoms with E-state index in [1.165, 1.54) is 25.3 Å². The van der Waals surface area contributed by atoms with Crippen LogP contribution in [-0.2, 0) is 6.54 Å². The maximum absolute atomic E-state index is 14.5. The van der Waals surface area contributed by atoms with Gasteiger partial charge in [-0.15, -0.1) is 0 Å². The number of aromatic nitrogens is 2. The van der Waals surface area contributed by atoms with Gasteiger partial charge in [0.15, 0.2) is 11.5 Å². The number of hydrogen-bond acceptors (Lipinski definition) is 5. The molecule has 0 fully saturated rings. The number of rotatable bonds is 7. The molecule has 0 unspecified atom stereocenters. The van der Waals surface area contributed by atoms with Gasteiger partial charge < -0.3 is 20.6 Å². The van der Waals surface area contributed by atoms with Crippen LogP contribution < -0.4 is 15.4 Å². The number of carbonyl (C=O) groups excluding carboxylic acids is 1. The molecule has 0 atom stereocenters. The van der Waals surface area contributed by atoms with Gasteiger partial charge in [0.2, 0.25) is 0 Å². The molecule has 3 N–H and O–H groups in total. The Morgan fingerprint density at radius 1 is 1.09 bits per heavy atom. The first-order valence-electron chi connectivity index (χ1n) is 10.8. The number of benzene rings is 3. The van der Waals surface area contributed by atoms with Gasteiger partial charge in [-0.25, -0.2) is 13.8 Å². The number of amides is 1. The average Bonchev–Trinajstić information content (AvgIpc) is 3.13. The van der Waals surface area contributed by atoms with Crippen molar-refractivity contribution in [1.29, 1.82) is 0 Å². The van der Waals surface area contributed by atoms with Gasteiger partial charge in [0.25, 0.3) is 5.91 Å². The fraction of sp³-hybridized carbons (Fsp3) is 0.154. The van der Waals surface area contributed by atoms with E-state index in [0.717, 1.165) is 17.7 Å². The summed E-state index contributed by atoms with van der Waals surface area (Å²) >= 11 is 0. The zero-order chi connectivity index (χ0) is 25.1. The summed E-state index contributed by atoms with van der Waals surface area (Å²) in [7, 11) is 3.22. The molecule has 35 heavy (non-hydrogen) atoms. The summed E-state index contributed by atoms with van der Waals surface area (Å²) in [6.45, 7) is 2.22. The minimum absolute atomic E-state index is 0.0391. The first-order chi connectivity index (χ1) is 16.8. The van der Waals surface area contributed by atoms with Gasteiger partial charge in [0.05, 0.1) is 18.4 Å². The summed E-state index contributed by atoms with van der Waals surface area (Å²) in [6, 6.07) is 15.4. The van der Waals surface area contributed by atoms with Gasteiger partial charge in [-0.1, -0.05) is 18.2 Å². The molecular formula is C26H24F2N4O3. The van der Waals surface area contributed by atoms with Crippen LogP contribution in [0.2, 0.25) is 0 Å². The SMILES string of the molecule is CNCc1cccc(NC(=O)c2c(C)nc(-c3ccc(OC)c(-c4c(F)cccc4F)c3)n2O)c1. The molecule has 0 spiro atoms. The van der Waals surface area contributed by atoms with Gasteiger partial charge in [-0.05, 0) is 62.0 Å². The summed E-state index contributed by atoms with van der Waals surface area (Å²) in [4.78, 5) is 17.3. The van der Waals surface area contributed by atoms with Crippen molar-refractivity contribution in [2.45, 2.75) is 13.5 Å². The standard InChI is InChI=1S/C26H24F2N4O3/c1-15-24(26(33)31-18-7-4-6-16(12-18)14-29-2)32(34)25(30-15)17-10-11-22(35-3)19(13-17)23-20(27)8-5-9-21(23)28/h4-13,29,34H,14H2,1-3H3,(H,31,33). The van der Waals surface area contributed by atoms with Gasteiger partial charge in [-0.3, -0.25) is 4.79 Å². The van der Waals surface area contributed by atoms with Gasteiger partial charge in [0, 0.05) is 23.4 Å². The normalized spacial score (nSPS) is 10.9.